The molecule has 0 bridgehead atoms. The first-order chi connectivity index (χ1) is 8.11. The molecule has 0 fully saturated rings. The zero-order valence-electron chi connectivity index (χ0n) is 8.89. The summed E-state index contributed by atoms with van der Waals surface area (Å²) in [5.41, 5.74) is -1.49. The molecule has 98 valence electrons. The lowest BCUT2D eigenvalue weighted by atomic mass is 10.1. The van der Waals surface area contributed by atoms with Gasteiger partial charge in [0.2, 0.25) is 0 Å². The second kappa shape index (κ2) is 4.54. The molecule has 0 atom stereocenters. The van der Waals surface area contributed by atoms with Gasteiger partial charge in [0, 0.05) is 0 Å². The van der Waals surface area contributed by atoms with Crippen molar-refractivity contribution < 1.29 is 22.4 Å². The summed E-state index contributed by atoms with van der Waals surface area (Å²) in [5, 5.41) is 25.8. The van der Waals surface area contributed by atoms with Crippen molar-refractivity contribution in [2.24, 2.45) is 5.14 Å². The van der Waals surface area contributed by atoms with Gasteiger partial charge in [0.15, 0.2) is 5.75 Å². The Balaban J connectivity index is 3.50. The van der Waals surface area contributed by atoms with Crippen LogP contribution in [0.5, 0.6) is 5.75 Å². The molecule has 0 aliphatic rings. The number of hydrogen-bond acceptors (Lipinski definition) is 7. The van der Waals surface area contributed by atoms with Crippen molar-refractivity contribution in [2.45, 2.75) is 6.92 Å². The summed E-state index contributed by atoms with van der Waals surface area (Å²) >= 11 is 0. The Morgan fingerprint density at radius 1 is 1.22 bits per heavy atom. The fourth-order valence-corrected chi connectivity index (χ4v) is 1.59. The number of hydrogen-bond donors (Lipinski definition) is 1. The number of nitrogens with two attached hydrogens (primary N) is 1. The number of rotatable bonds is 4. The molecule has 18 heavy (non-hydrogen) atoms. The van der Waals surface area contributed by atoms with Crippen molar-refractivity contribution in [1.29, 1.82) is 0 Å². The minimum atomic E-state index is -4.43. The van der Waals surface area contributed by atoms with Gasteiger partial charge < -0.3 is 4.18 Å². The van der Waals surface area contributed by atoms with Gasteiger partial charge in [-0.05, 0) is 6.92 Å². The van der Waals surface area contributed by atoms with E-state index in [2.05, 4.69) is 9.32 Å². The molecule has 11 heteroatoms. The number of non-ortho nitro benzene ring substituents is 1. The fraction of sp³-hybridized carbons (Fsp3) is 0.143. The standard InChI is InChI=1S/C7H7N3O7S/c1-4-6(10(13)14)2-5(9(11)12)3-7(4)17-18(8,15)16/h2-3H,1H3,(H2,8,15,16). The van der Waals surface area contributed by atoms with Crippen LogP contribution in [0.2, 0.25) is 0 Å². The highest BCUT2D eigenvalue weighted by Crippen LogP contribution is 2.33. The molecular formula is C7H7N3O7S. The van der Waals surface area contributed by atoms with Gasteiger partial charge in [0.25, 0.3) is 11.4 Å². The van der Waals surface area contributed by atoms with Crippen molar-refractivity contribution in [3.8, 4) is 5.75 Å². The van der Waals surface area contributed by atoms with E-state index in [9.17, 15) is 28.6 Å². The molecular weight excluding hydrogens is 270 g/mol. The molecule has 1 aromatic rings. The molecule has 0 saturated heterocycles. The molecule has 0 aliphatic carbocycles. The molecule has 0 amide bonds. The van der Waals surface area contributed by atoms with Gasteiger partial charge in [-0.1, -0.05) is 0 Å². The molecule has 0 spiro atoms. The van der Waals surface area contributed by atoms with Crippen LogP contribution in [-0.2, 0) is 10.3 Å². The van der Waals surface area contributed by atoms with E-state index in [4.69, 9.17) is 0 Å². The summed E-state index contributed by atoms with van der Waals surface area (Å²) in [6, 6.07) is 1.44. The van der Waals surface area contributed by atoms with Crippen molar-refractivity contribution in [3.63, 3.8) is 0 Å². The Labute approximate surface area is 101 Å². The lowest BCUT2D eigenvalue weighted by Crippen LogP contribution is -2.19. The first kappa shape index (κ1) is 13.8. The van der Waals surface area contributed by atoms with Crippen LogP contribution in [0.4, 0.5) is 11.4 Å². The maximum Gasteiger partial charge on any atom is 0.380 e. The van der Waals surface area contributed by atoms with E-state index in [0.717, 1.165) is 6.07 Å². The van der Waals surface area contributed by atoms with Crippen LogP contribution in [-0.4, -0.2) is 18.3 Å². The summed E-state index contributed by atoms with van der Waals surface area (Å²) in [6.45, 7) is 1.18. The lowest BCUT2D eigenvalue weighted by molar-refractivity contribution is -0.394. The predicted octanol–water partition coefficient (Wildman–Crippen LogP) is 0.394. The molecule has 0 unspecified atom stereocenters. The van der Waals surface area contributed by atoms with Crippen LogP contribution in [0, 0.1) is 27.2 Å². The van der Waals surface area contributed by atoms with Crippen LogP contribution < -0.4 is 9.32 Å². The summed E-state index contributed by atoms with van der Waals surface area (Å²) in [6.07, 6.45) is 0. The molecule has 0 saturated carbocycles. The summed E-state index contributed by atoms with van der Waals surface area (Å²) in [5.74, 6) is -0.557. The Morgan fingerprint density at radius 3 is 2.17 bits per heavy atom. The highest BCUT2D eigenvalue weighted by Gasteiger charge is 2.24. The van der Waals surface area contributed by atoms with Gasteiger partial charge in [-0.25, -0.2) is 0 Å². The van der Waals surface area contributed by atoms with E-state index in [0.29, 0.717) is 6.07 Å². The van der Waals surface area contributed by atoms with Gasteiger partial charge in [0.1, 0.15) is 0 Å². The first-order valence-electron chi connectivity index (χ1n) is 4.27. The quantitative estimate of drug-likeness (QED) is 0.616. The molecule has 0 heterocycles. The maximum absolute atomic E-state index is 10.7. The van der Waals surface area contributed by atoms with Crippen LogP contribution >= 0.6 is 0 Å². The van der Waals surface area contributed by atoms with E-state index in [1.807, 2.05) is 0 Å². The number of benzene rings is 1. The number of nitrogens with zero attached hydrogens (tertiary/aromatic N) is 2. The molecule has 10 nitrogen and oxygen atoms in total. The van der Waals surface area contributed by atoms with E-state index < -0.39 is 37.3 Å². The van der Waals surface area contributed by atoms with Gasteiger partial charge in [0.05, 0.1) is 27.5 Å². The zero-order valence-corrected chi connectivity index (χ0v) is 9.71. The molecule has 0 radical (unpaired) electrons. The van der Waals surface area contributed by atoms with Crippen molar-refractivity contribution in [3.05, 3.63) is 37.9 Å². The highest BCUT2D eigenvalue weighted by molar-refractivity contribution is 7.84. The molecule has 0 aromatic heterocycles. The van der Waals surface area contributed by atoms with E-state index in [-0.39, 0.29) is 5.56 Å². The van der Waals surface area contributed by atoms with Gasteiger partial charge in [-0.2, -0.15) is 13.6 Å². The zero-order chi connectivity index (χ0) is 14.1. The first-order valence-corrected chi connectivity index (χ1v) is 5.74. The fourth-order valence-electron chi connectivity index (χ4n) is 1.17. The SMILES string of the molecule is Cc1c(OS(N)(=O)=O)cc([N+](=O)[O-])cc1[N+](=O)[O-]. The summed E-state index contributed by atoms with van der Waals surface area (Å²) < 4.78 is 25.7. The Hall–Kier alpha value is -2.27. The lowest BCUT2D eigenvalue weighted by Gasteiger charge is -2.06. The Bertz CT molecular complexity index is 624. The molecule has 1 rings (SSSR count). The summed E-state index contributed by atoms with van der Waals surface area (Å²) in [4.78, 5) is 19.4. The van der Waals surface area contributed by atoms with Crippen LogP contribution in [0.15, 0.2) is 12.1 Å². The third-order valence-electron chi connectivity index (χ3n) is 1.93. The monoisotopic (exact) mass is 277 g/mol. The largest absolute Gasteiger partial charge is 0.380 e. The third kappa shape index (κ3) is 3.11. The highest BCUT2D eigenvalue weighted by atomic mass is 32.2. The van der Waals surface area contributed by atoms with Gasteiger partial charge in [-0.15, -0.1) is 0 Å². The van der Waals surface area contributed by atoms with E-state index in [1.165, 1.54) is 6.92 Å². The van der Waals surface area contributed by atoms with Crippen molar-refractivity contribution in [1.82, 2.24) is 0 Å². The molecule has 1 aromatic carbocycles. The van der Waals surface area contributed by atoms with Crippen LogP contribution in [0.25, 0.3) is 0 Å². The summed E-state index contributed by atoms with van der Waals surface area (Å²) in [7, 11) is -4.43. The van der Waals surface area contributed by atoms with Gasteiger partial charge >= 0.3 is 10.3 Å². The number of nitro groups is 2. The third-order valence-corrected chi connectivity index (χ3v) is 2.34. The minimum Gasteiger partial charge on any atom is -0.370 e. The van der Waals surface area contributed by atoms with Crippen molar-refractivity contribution in [2.75, 3.05) is 0 Å². The van der Waals surface area contributed by atoms with E-state index >= 15 is 0 Å². The number of nitro benzene ring substituents is 2. The molecule has 2 N–H and O–H groups in total. The average Bonchev–Trinajstić information content (AvgIpc) is 2.18. The second-order valence-electron chi connectivity index (χ2n) is 3.18. The second-order valence-corrected chi connectivity index (χ2v) is 4.33. The molecule has 0 aliphatic heterocycles. The van der Waals surface area contributed by atoms with Crippen molar-refractivity contribution >= 4 is 21.7 Å². The Morgan fingerprint density at radius 2 is 1.78 bits per heavy atom. The maximum atomic E-state index is 10.7. The van der Waals surface area contributed by atoms with Gasteiger partial charge in [-0.3, -0.25) is 20.2 Å². The normalized spacial score (nSPS) is 11.0. The minimum absolute atomic E-state index is 0.181. The smallest absolute Gasteiger partial charge is 0.370 e. The Kier molecular flexibility index (Phi) is 3.48. The van der Waals surface area contributed by atoms with Crippen LogP contribution in [0.1, 0.15) is 5.56 Å². The van der Waals surface area contributed by atoms with E-state index in [1.54, 1.807) is 0 Å². The predicted molar refractivity (Wildman–Crippen MR) is 58.2 cm³/mol. The topological polar surface area (TPSA) is 156 Å². The van der Waals surface area contributed by atoms with Crippen LogP contribution in [0.3, 0.4) is 0 Å². The average molecular weight is 277 g/mol.